The lowest BCUT2D eigenvalue weighted by Gasteiger charge is -2.33. The molecule has 0 saturated carbocycles. The van der Waals surface area contributed by atoms with Gasteiger partial charge in [0.25, 0.3) is 0 Å². The Balaban J connectivity index is 1.37. The molecular weight excluding hydrogens is 373 g/mol. The van der Waals surface area contributed by atoms with Gasteiger partial charge < -0.3 is 8.94 Å². The van der Waals surface area contributed by atoms with Crippen molar-refractivity contribution in [3.63, 3.8) is 0 Å². The molecule has 0 amide bonds. The van der Waals surface area contributed by atoms with Crippen molar-refractivity contribution in [3.8, 4) is 11.5 Å². The molecule has 7 nitrogen and oxygen atoms in total. The van der Waals surface area contributed by atoms with E-state index in [9.17, 15) is 12.8 Å². The van der Waals surface area contributed by atoms with Crippen LogP contribution in [0.4, 0.5) is 4.39 Å². The van der Waals surface area contributed by atoms with Crippen LogP contribution in [-0.4, -0.2) is 49.0 Å². The van der Waals surface area contributed by atoms with Gasteiger partial charge in [-0.1, -0.05) is 5.16 Å². The predicted molar refractivity (Wildman–Crippen MR) is 94.6 cm³/mol. The standard InChI is InChI=1S/C18H18FN3O4S/c19-14-3-5-16(6-4-14)27(23,24)22-9-7-21(8-10-22)13-15-12-18(26-20-15)17-2-1-11-25-17/h1-6,11-12H,7-10,13H2. The number of benzene rings is 1. The maximum absolute atomic E-state index is 13.0. The molecule has 2 aromatic heterocycles. The molecule has 1 fully saturated rings. The number of piperazine rings is 1. The van der Waals surface area contributed by atoms with Gasteiger partial charge in [0, 0.05) is 38.8 Å². The number of sulfonamides is 1. The van der Waals surface area contributed by atoms with Crippen molar-refractivity contribution >= 4 is 10.0 Å². The fraction of sp³-hybridized carbons (Fsp3) is 0.278. The molecule has 3 heterocycles. The lowest BCUT2D eigenvalue weighted by Crippen LogP contribution is -2.48. The van der Waals surface area contributed by atoms with Crippen LogP contribution in [0.3, 0.4) is 0 Å². The molecule has 1 saturated heterocycles. The highest BCUT2D eigenvalue weighted by molar-refractivity contribution is 7.89. The first-order valence-corrected chi connectivity index (χ1v) is 9.94. The van der Waals surface area contributed by atoms with Gasteiger partial charge in [-0.15, -0.1) is 0 Å². The minimum atomic E-state index is -3.61. The monoisotopic (exact) mass is 391 g/mol. The number of furan rings is 1. The zero-order valence-electron chi connectivity index (χ0n) is 14.4. The second-order valence-corrected chi connectivity index (χ2v) is 8.23. The Morgan fingerprint density at radius 1 is 1.04 bits per heavy atom. The van der Waals surface area contributed by atoms with Crippen LogP contribution in [0.25, 0.3) is 11.5 Å². The topological polar surface area (TPSA) is 79.8 Å². The Morgan fingerprint density at radius 2 is 1.78 bits per heavy atom. The molecule has 1 aliphatic rings. The van der Waals surface area contributed by atoms with Gasteiger partial charge >= 0.3 is 0 Å². The first kappa shape index (κ1) is 17.9. The maximum Gasteiger partial charge on any atom is 0.243 e. The summed E-state index contributed by atoms with van der Waals surface area (Å²) in [4.78, 5) is 2.22. The van der Waals surface area contributed by atoms with Crippen LogP contribution in [0.2, 0.25) is 0 Å². The predicted octanol–water partition coefficient (Wildman–Crippen LogP) is 2.58. The van der Waals surface area contributed by atoms with E-state index in [1.165, 1.54) is 16.4 Å². The second-order valence-electron chi connectivity index (χ2n) is 6.29. The fourth-order valence-corrected chi connectivity index (χ4v) is 4.46. The van der Waals surface area contributed by atoms with E-state index in [0.717, 1.165) is 17.8 Å². The summed E-state index contributed by atoms with van der Waals surface area (Å²) in [6.45, 7) is 2.44. The molecule has 1 aromatic carbocycles. The molecule has 4 rings (SSSR count). The highest BCUT2D eigenvalue weighted by atomic mass is 32.2. The zero-order chi connectivity index (χ0) is 18.9. The van der Waals surface area contributed by atoms with Gasteiger partial charge in [0.1, 0.15) is 5.82 Å². The molecule has 27 heavy (non-hydrogen) atoms. The molecular formula is C18H18FN3O4S. The molecule has 142 valence electrons. The van der Waals surface area contributed by atoms with E-state index in [1.807, 2.05) is 6.07 Å². The Labute approximate surface area is 156 Å². The Bertz CT molecular complexity index is 992. The van der Waals surface area contributed by atoms with Crippen molar-refractivity contribution in [2.45, 2.75) is 11.4 Å². The largest absolute Gasteiger partial charge is 0.461 e. The first-order chi connectivity index (χ1) is 13.0. The molecule has 9 heteroatoms. The molecule has 0 bridgehead atoms. The van der Waals surface area contributed by atoms with Crippen LogP contribution < -0.4 is 0 Å². The number of nitrogens with zero attached hydrogens (tertiary/aromatic N) is 3. The molecule has 0 radical (unpaired) electrons. The van der Waals surface area contributed by atoms with E-state index in [-0.39, 0.29) is 4.90 Å². The number of rotatable bonds is 5. The summed E-state index contributed by atoms with van der Waals surface area (Å²) in [6, 6.07) is 10.3. The van der Waals surface area contributed by atoms with E-state index in [0.29, 0.717) is 44.2 Å². The van der Waals surface area contributed by atoms with Crippen molar-refractivity contribution in [3.05, 3.63) is 60.2 Å². The van der Waals surface area contributed by atoms with Gasteiger partial charge in [0.05, 0.1) is 16.9 Å². The van der Waals surface area contributed by atoms with E-state index in [2.05, 4.69) is 10.1 Å². The molecule has 1 aliphatic heterocycles. The smallest absolute Gasteiger partial charge is 0.243 e. The van der Waals surface area contributed by atoms with Crippen LogP contribution in [0.15, 0.2) is 62.6 Å². The summed E-state index contributed by atoms with van der Waals surface area (Å²) in [5, 5.41) is 4.05. The SMILES string of the molecule is O=S(=O)(c1ccc(F)cc1)N1CCN(Cc2cc(-c3ccco3)on2)CC1. The number of hydrogen-bond acceptors (Lipinski definition) is 6. The van der Waals surface area contributed by atoms with E-state index in [1.54, 1.807) is 18.4 Å². The lowest BCUT2D eigenvalue weighted by atomic mass is 10.3. The maximum atomic E-state index is 13.0. The van der Waals surface area contributed by atoms with Gasteiger partial charge in [-0.2, -0.15) is 4.31 Å². The van der Waals surface area contributed by atoms with Crippen molar-refractivity contribution < 1.29 is 21.7 Å². The molecule has 0 spiro atoms. The average Bonchev–Trinajstić information content (AvgIpc) is 3.34. The van der Waals surface area contributed by atoms with Crippen molar-refractivity contribution in [2.24, 2.45) is 0 Å². The Hall–Kier alpha value is -2.49. The van der Waals surface area contributed by atoms with Crippen LogP contribution in [0.1, 0.15) is 5.69 Å². The number of hydrogen-bond donors (Lipinski definition) is 0. The summed E-state index contributed by atoms with van der Waals surface area (Å²) in [5.74, 6) is 0.719. The van der Waals surface area contributed by atoms with Crippen LogP contribution in [-0.2, 0) is 16.6 Å². The normalized spacial score (nSPS) is 16.6. The van der Waals surface area contributed by atoms with Gasteiger partial charge in [-0.05, 0) is 36.4 Å². The third-order valence-corrected chi connectivity index (χ3v) is 6.40. The molecule has 0 atom stereocenters. The van der Waals surface area contributed by atoms with Crippen LogP contribution >= 0.6 is 0 Å². The minimum absolute atomic E-state index is 0.108. The van der Waals surface area contributed by atoms with Crippen LogP contribution in [0.5, 0.6) is 0 Å². The van der Waals surface area contributed by atoms with E-state index < -0.39 is 15.8 Å². The summed E-state index contributed by atoms with van der Waals surface area (Å²) >= 11 is 0. The summed E-state index contributed by atoms with van der Waals surface area (Å²) in [5.41, 5.74) is 0.760. The lowest BCUT2D eigenvalue weighted by molar-refractivity contribution is 0.178. The summed E-state index contributed by atoms with van der Waals surface area (Å²) in [7, 11) is -3.61. The number of aromatic nitrogens is 1. The van der Waals surface area contributed by atoms with Gasteiger partial charge in [0.15, 0.2) is 5.76 Å². The van der Waals surface area contributed by atoms with Gasteiger partial charge in [0.2, 0.25) is 15.8 Å². The average molecular weight is 391 g/mol. The Kier molecular flexibility index (Phi) is 4.81. The zero-order valence-corrected chi connectivity index (χ0v) is 15.2. The van der Waals surface area contributed by atoms with Crippen molar-refractivity contribution in [1.29, 1.82) is 0 Å². The first-order valence-electron chi connectivity index (χ1n) is 8.50. The highest BCUT2D eigenvalue weighted by Gasteiger charge is 2.28. The Morgan fingerprint density at radius 3 is 2.44 bits per heavy atom. The summed E-state index contributed by atoms with van der Waals surface area (Å²) < 4.78 is 50.3. The molecule has 0 N–H and O–H groups in total. The molecule has 3 aromatic rings. The third kappa shape index (κ3) is 3.80. The minimum Gasteiger partial charge on any atom is -0.461 e. The van der Waals surface area contributed by atoms with Gasteiger partial charge in [-0.25, -0.2) is 12.8 Å². The molecule has 0 unspecified atom stereocenters. The van der Waals surface area contributed by atoms with Crippen molar-refractivity contribution in [1.82, 2.24) is 14.4 Å². The second kappa shape index (κ2) is 7.26. The molecule has 0 aliphatic carbocycles. The van der Waals surface area contributed by atoms with Gasteiger partial charge in [-0.3, -0.25) is 4.90 Å². The van der Waals surface area contributed by atoms with Crippen molar-refractivity contribution in [2.75, 3.05) is 26.2 Å². The van der Waals surface area contributed by atoms with Crippen LogP contribution in [0, 0.1) is 5.82 Å². The highest BCUT2D eigenvalue weighted by Crippen LogP contribution is 2.22. The summed E-state index contributed by atoms with van der Waals surface area (Å²) in [6.07, 6.45) is 1.57. The van der Waals surface area contributed by atoms with E-state index >= 15 is 0 Å². The number of halogens is 1. The fourth-order valence-electron chi connectivity index (χ4n) is 3.03. The quantitative estimate of drug-likeness (QED) is 0.665. The third-order valence-electron chi connectivity index (χ3n) is 4.49. The van der Waals surface area contributed by atoms with E-state index in [4.69, 9.17) is 8.94 Å².